The van der Waals surface area contributed by atoms with Crippen LogP contribution in [0.5, 0.6) is 0 Å². The number of rotatable bonds is 3. The van der Waals surface area contributed by atoms with Crippen LogP contribution in [0.2, 0.25) is 0 Å². The number of hydrogen-bond donors (Lipinski definition) is 3. The fraction of sp³-hybridized carbons (Fsp3) is 0.643. The molecule has 1 aliphatic carbocycles. The van der Waals surface area contributed by atoms with Crippen molar-refractivity contribution in [2.45, 2.75) is 31.7 Å². The van der Waals surface area contributed by atoms with Crippen LogP contribution >= 0.6 is 23.2 Å². The molecule has 1 heterocycles. The third-order valence-electron chi connectivity index (χ3n) is 4.77. The van der Waals surface area contributed by atoms with Crippen molar-refractivity contribution >= 4 is 29.1 Å². The van der Waals surface area contributed by atoms with Crippen LogP contribution in [0.3, 0.4) is 0 Å². The van der Waals surface area contributed by atoms with Gasteiger partial charge >= 0.3 is 0 Å². The van der Waals surface area contributed by atoms with E-state index in [1.54, 1.807) is 12.2 Å². The van der Waals surface area contributed by atoms with Gasteiger partial charge in [0, 0.05) is 17.0 Å². The van der Waals surface area contributed by atoms with E-state index >= 15 is 0 Å². The summed E-state index contributed by atoms with van der Waals surface area (Å²) in [7, 11) is 0. The van der Waals surface area contributed by atoms with Crippen LogP contribution in [0.25, 0.3) is 0 Å². The van der Waals surface area contributed by atoms with Crippen molar-refractivity contribution in [2.24, 2.45) is 23.0 Å². The first-order valence-corrected chi connectivity index (χ1v) is 7.53. The van der Waals surface area contributed by atoms with Gasteiger partial charge in [-0.25, -0.2) is 0 Å². The smallest absolute Gasteiger partial charge is 0.220 e. The Morgan fingerprint density at radius 2 is 2.25 bits per heavy atom. The monoisotopic (exact) mass is 318 g/mol. The summed E-state index contributed by atoms with van der Waals surface area (Å²) < 4.78 is 0. The Hall–Kier alpha value is -0.710. The molecule has 1 saturated heterocycles. The molecular formula is C14H20Cl2N2O2. The Kier molecular flexibility index (Phi) is 4.38. The molecule has 2 unspecified atom stereocenters. The molecule has 0 bridgehead atoms. The molecule has 0 spiro atoms. The lowest BCUT2D eigenvalue weighted by Crippen LogP contribution is -2.48. The maximum atomic E-state index is 11.3. The molecule has 0 radical (unpaired) electrons. The minimum Gasteiger partial charge on any atom is -0.512 e. The van der Waals surface area contributed by atoms with E-state index in [4.69, 9.17) is 28.9 Å². The number of allylic oxidation sites excluding steroid dienone is 3. The molecule has 0 aromatic rings. The second kappa shape index (κ2) is 5.58. The number of hydrogen-bond acceptors (Lipinski definition) is 3. The van der Waals surface area contributed by atoms with Gasteiger partial charge in [0.25, 0.3) is 0 Å². The van der Waals surface area contributed by atoms with E-state index < -0.39 is 10.8 Å². The summed E-state index contributed by atoms with van der Waals surface area (Å²) >= 11 is 12.5. The van der Waals surface area contributed by atoms with Crippen molar-refractivity contribution in [2.75, 3.05) is 6.54 Å². The van der Waals surface area contributed by atoms with Gasteiger partial charge in [-0.1, -0.05) is 18.5 Å². The van der Waals surface area contributed by atoms with E-state index in [0.717, 1.165) is 6.42 Å². The first-order valence-electron chi connectivity index (χ1n) is 6.72. The van der Waals surface area contributed by atoms with Crippen LogP contribution in [0.4, 0.5) is 0 Å². The summed E-state index contributed by atoms with van der Waals surface area (Å²) in [4.78, 5) is 11.3. The number of amides is 1. The Labute approximate surface area is 129 Å². The van der Waals surface area contributed by atoms with Crippen LogP contribution in [0.1, 0.15) is 20.3 Å². The first kappa shape index (κ1) is 15.7. The van der Waals surface area contributed by atoms with Crippen molar-refractivity contribution in [1.29, 1.82) is 0 Å². The third-order valence-corrected chi connectivity index (χ3v) is 5.91. The summed E-state index contributed by atoms with van der Waals surface area (Å²) in [5.74, 6) is -0.139. The van der Waals surface area contributed by atoms with Crippen LogP contribution in [0, 0.1) is 17.3 Å². The molecule has 4 nitrogen and oxygen atoms in total. The number of nitrogens with one attached hydrogen (secondary N) is 1. The Balaban J connectivity index is 2.19. The number of halogens is 2. The van der Waals surface area contributed by atoms with Crippen molar-refractivity contribution in [1.82, 2.24) is 5.32 Å². The molecule has 0 saturated carbocycles. The number of aliphatic hydroxyl groups is 1. The van der Waals surface area contributed by atoms with Crippen molar-refractivity contribution in [3.05, 3.63) is 22.9 Å². The summed E-state index contributed by atoms with van der Waals surface area (Å²) in [5, 5.41) is 13.6. The van der Waals surface area contributed by atoms with E-state index in [0.29, 0.717) is 11.6 Å². The van der Waals surface area contributed by atoms with Gasteiger partial charge in [0.2, 0.25) is 5.91 Å². The summed E-state index contributed by atoms with van der Waals surface area (Å²) in [6.07, 6.45) is 3.94. The topological polar surface area (TPSA) is 75.4 Å². The fourth-order valence-electron chi connectivity index (χ4n) is 3.03. The summed E-state index contributed by atoms with van der Waals surface area (Å²) in [6.45, 7) is 4.41. The van der Waals surface area contributed by atoms with E-state index in [9.17, 15) is 9.90 Å². The summed E-state index contributed by atoms with van der Waals surface area (Å²) in [6, 6.07) is -0.0458. The van der Waals surface area contributed by atoms with E-state index in [-0.39, 0.29) is 29.5 Å². The van der Waals surface area contributed by atoms with Gasteiger partial charge in [0.1, 0.15) is 5.76 Å². The molecule has 1 aliphatic heterocycles. The highest BCUT2D eigenvalue weighted by Gasteiger charge is 2.50. The van der Waals surface area contributed by atoms with Gasteiger partial charge in [-0.3, -0.25) is 4.79 Å². The van der Waals surface area contributed by atoms with Gasteiger partial charge in [-0.15, -0.1) is 11.6 Å². The van der Waals surface area contributed by atoms with Crippen LogP contribution < -0.4 is 11.1 Å². The molecule has 1 fully saturated rings. The zero-order valence-corrected chi connectivity index (χ0v) is 13.1. The highest BCUT2D eigenvalue weighted by molar-refractivity contribution is 6.38. The molecule has 6 heteroatoms. The van der Waals surface area contributed by atoms with Crippen LogP contribution in [-0.4, -0.2) is 29.0 Å². The molecule has 20 heavy (non-hydrogen) atoms. The first-order chi connectivity index (χ1) is 9.28. The Morgan fingerprint density at radius 3 is 2.85 bits per heavy atom. The Morgan fingerprint density at radius 1 is 1.60 bits per heavy atom. The lowest BCUT2D eigenvalue weighted by molar-refractivity contribution is -0.122. The predicted molar refractivity (Wildman–Crippen MR) is 80.7 cm³/mol. The minimum absolute atomic E-state index is 0.0458. The SMILES string of the molecule is C[C@@H](C(N)=O)[C@H]1CN[C@@H](C2(C)C(O)=CC=C(Cl)C2Cl)C1. The van der Waals surface area contributed by atoms with Crippen molar-refractivity contribution < 1.29 is 9.90 Å². The third kappa shape index (κ3) is 2.45. The largest absolute Gasteiger partial charge is 0.512 e. The minimum atomic E-state index is -0.681. The number of carbonyl (C=O) groups excluding carboxylic acids is 1. The molecule has 112 valence electrons. The number of carbonyl (C=O) groups is 1. The zero-order valence-electron chi connectivity index (χ0n) is 11.6. The maximum absolute atomic E-state index is 11.3. The van der Waals surface area contributed by atoms with Gasteiger partial charge in [-0.05, 0) is 38.0 Å². The van der Waals surface area contributed by atoms with Crippen molar-refractivity contribution in [3.8, 4) is 0 Å². The second-order valence-corrected chi connectivity index (χ2v) is 6.77. The zero-order chi connectivity index (χ0) is 15.1. The van der Waals surface area contributed by atoms with Gasteiger partial charge < -0.3 is 16.2 Å². The number of aliphatic hydroxyl groups excluding tert-OH is 1. The van der Waals surface area contributed by atoms with Crippen LogP contribution in [0.15, 0.2) is 22.9 Å². The van der Waals surface area contributed by atoms with E-state index in [2.05, 4.69) is 5.32 Å². The number of nitrogens with two attached hydrogens (primary N) is 1. The standard InChI is InChI=1S/C14H20Cl2N2O2/c1-7(13(17)20)8-5-10(18-6-8)14(2)11(19)4-3-9(15)12(14)16/h3-4,7-8,10,12,18-19H,5-6H2,1-2H3,(H2,17,20)/t7-,8-,10-,12?,14?/m1/s1. The van der Waals surface area contributed by atoms with Gasteiger partial charge in [-0.2, -0.15) is 0 Å². The molecule has 0 aromatic heterocycles. The molecule has 1 amide bonds. The van der Waals surface area contributed by atoms with E-state index in [1.165, 1.54) is 0 Å². The highest BCUT2D eigenvalue weighted by Crippen LogP contribution is 2.47. The maximum Gasteiger partial charge on any atom is 0.220 e. The molecular weight excluding hydrogens is 299 g/mol. The number of alkyl halides is 1. The second-order valence-electron chi connectivity index (χ2n) is 5.90. The summed E-state index contributed by atoms with van der Waals surface area (Å²) in [5.41, 5.74) is 4.68. The van der Waals surface area contributed by atoms with Gasteiger partial charge in [0.15, 0.2) is 0 Å². The predicted octanol–water partition coefficient (Wildman–Crippen LogP) is 2.28. The highest BCUT2D eigenvalue weighted by atomic mass is 35.5. The van der Waals surface area contributed by atoms with Gasteiger partial charge in [0.05, 0.1) is 10.8 Å². The average Bonchev–Trinajstić information content (AvgIpc) is 2.89. The average molecular weight is 319 g/mol. The quantitative estimate of drug-likeness (QED) is 0.699. The van der Waals surface area contributed by atoms with Crippen molar-refractivity contribution in [3.63, 3.8) is 0 Å². The molecule has 0 aromatic carbocycles. The molecule has 2 rings (SSSR count). The molecule has 5 atom stereocenters. The Bertz CT molecular complexity index is 478. The normalized spacial score (nSPS) is 39.1. The van der Waals surface area contributed by atoms with Crippen LogP contribution in [-0.2, 0) is 4.79 Å². The molecule has 2 aliphatic rings. The molecule has 4 N–H and O–H groups in total. The fourth-order valence-corrected chi connectivity index (χ4v) is 3.65. The lowest BCUT2D eigenvalue weighted by Gasteiger charge is -2.40. The number of primary amides is 1. The lowest BCUT2D eigenvalue weighted by atomic mass is 9.72. The van der Waals surface area contributed by atoms with E-state index in [1.807, 2.05) is 13.8 Å².